The Kier molecular flexibility index (Phi) is 5.16. The van der Waals surface area contributed by atoms with Crippen molar-refractivity contribution in [3.63, 3.8) is 0 Å². The van der Waals surface area contributed by atoms with E-state index in [9.17, 15) is 0 Å². The van der Waals surface area contributed by atoms with Crippen molar-refractivity contribution in [1.29, 1.82) is 0 Å². The number of benzene rings is 3. The molecule has 1 fully saturated rings. The minimum Gasteiger partial charge on any atom is -0.493 e. The number of nitrogens with zero attached hydrogens (tertiary/aromatic N) is 2. The molecule has 31 heavy (non-hydrogen) atoms. The summed E-state index contributed by atoms with van der Waals surface area (Å²) < 4.78 is 17.2. The van der Waals surface area contributed by atoms with Crippen molar-refractivity contribution in [2.75, 3.05) is 7.11 Å². The van der Waals surface area contributed by atoms with Crippen molar-refractivity contribution in [3.8, 4) is 22.9 Å². The first-order chi connectivity index (χ1) is 15.2. The minimum atomic E-state index is 0.294. The fraction of sp³-hybridized carbons (Fsp3) is 0.231. The maximum Gasteiger partial charge on any atom is 0.230 e. The van der Waals surface area contributed by atoms with Gasteiger partial charge in [0.15, 0.2) is 11.5 Å². The highest BCUT2D eigenvalue weighted by Crippen LogP contribution is 2.54. The molecule has 0 N–H and O–H groups in total. The molecule has 1 aliphatic carbocycles. The molecule has 1 saturated carbocycles. The van der Waals surface area contributed by atoms with Gasteiger partial charge in [-0.3, -0.25) is 0 Å². The van der Waals surface area contributed by atoms with Crippen molar-refractivity contribution in [2.45, 2.75) is 31.8 Å². The fourth-order valence-electron chi connectivity index (χ4n) is 3.89. The van der Waals surface area contributed by atoms with Crippen LogP contribution in [0.2, 0.25) is 0 Å². The zero-order valence-corrected chi connectivity index (χ0v) is 17.6. The molecule has 4 aromatic rings. The highest BCUT2D eigenvalue weighted by molar-refractivity contribution is 5.61. The molecule has 1 aliphatic rings. The molecule has 0 aliphatic heterocycles. The van der Waals surface area contributed by atoms with Crippen molar-refractivity contribution in [3.05, 3.63) is 95.4 Å². The Morgan fingerprint density at radius 1 is 0.935 bits per heavy atom. The number of hydrogen-bond acceptors (Lipinski definition) is 5. The zero-order chi connectivity index (χ0) is 21.2. The van der Waals surface area contributed by atoms with Crippen molar-refractivity contribution in [2.24, 2.45) is 0 Å². The van der Waals surface area contributed by atoms with E-state index in [1.54, 1.807) is 7.11 Å². The van der Waals surface area contributed by atoms with E-state index in [0.29, 0.717) is 41.7 Å². The smallest absolute Gasteiger partial charge is 0.230 e. The van der Waals surface area contributed by atoms with Crippen LogP contribution in [0.25, 0.3) is 11.4 Å². The quantitative estimate of drug-likeness (QED) is 0.378. The third kappa shape index (κ3) is 4.04. The van der Waals surface area contributed by atoms with E-state index in [0.717, 1.165) is 17.5 Å². The molecule has 5 heteroatoms. The molecular formula is C26H24N2O3. The molecule has 1 heterocycles. The predicted octanol–water partition coefficient (Wildman–Crippen LogP) is 5.90. The Morgan fingerprint density at radius 2 is 1.74 bits per heavy atom. The molecule has 0 bridgehead atoms. The van der Waals surface area contributed by atoms with Crippen LogP contribution in [0.4, 0.5) is 0 Å². The van der Waals surface area contributed by atoms with Crippen LogP contribution < -0.4 is 9.47 Å². The second kappa shape index (κ2) is 8.26. The number of hydrogen-bond donors (Lipinski definition) is 0. The van der Waals surface area contributed by atoms with Crippen molar-refractivity contribution < 1.29 is 14.0 Å². The molecular weight excluding hydrogens is 388 g/mol. The lowest BCUT2D eigenvalue weighted by molar-refractivity contribution is 0.284. The summed E-state index contributed by atoms with van der Waals surface area (Å²) in [5, 5.41) is 4.20. The van der Waals surface area contributed by atoms with E-state index in [1.165, 1.54) is 11.1 Å². The van der Waals surface area contributed by atoms with Gasteiger partial charge in [0, 0.05) is 11.5 Å². The van der Waals surface area contributed by atoms with Gasteiger partial charge in [0.2, 0.25) is 11.7 Å². The van der Waals surface area contributed by atoms with E-state index in [-0.39, 0.29) is 0 Å². The molecule has 156 valence electrons. The van der Waals surface area contributed by atoms with Gasteiger partial charge in [-0.05, 0) is 54.2 Å². The normalized spacial score (nSPS) is 17.4. The van der Waals surface area contributed by atoms with E-state index in [4.69, 9.17) is 14.0 Å². The van der Waals surface area contributed by atoms with Gasteiger partial charge in [-0.25, -0.2) is 0 Å². The first-order valence-corrected chi connectivity index (χ1v) is 10.5. The summed E-state index contributed by atoms with van der Waals surface area (Å²) in [6, 6.07) is 24.4. The number of rotatable bonds is 7. The predicted molar refractivity (Wildman–Crippen MR) is 118 cm³/mol. The van der Waals surface area contributed by atoms with E-state index >= 15 is 0 Å². The van der Waals surface area contributed by atoms with Gasteiger partial charge in [0.1, 0.15) is 6.61 Å². The molecule has 1 aromatic heterocycles. The van der Waals surface area contributed by atoms with Crippen LogP contribution in [0.1, 0.15) is 40.8 Å². The Labute approximate surface area is 181 Å². The van der Waals surface area contributed by atoms with Crippen molar-refractivity contribution in [1.82, 2.24) is 10.1 Å². The molecule has 2 atom stereocenters. The lowest BCUT2D eigenvalue weighted by Gasteiger charge is -2.12. The van der Waals surface area contributed by atoms with Crippen molar-refractivity contribution >= 4 is 0 Å². The Balaban J connectivity index is 1.31. The van der Waals surface area contributed by atoms with Gasteiger partial charge in [0.05, 0.1) is 7.11 Å². The van der Waals surface area contributed by atoms with E-state index in [2.05, 4.69) is 53.5 Å². The number of aryl methyl sites for hydroxylation is 1. The molecule has 0 saturated heterocycles. The molecule has 0 amide bonds. The highest BCUT2D eigenvalue weighted by atomic mass is 16.5. The van der Waals surface area contributed by atoms with Crippen LogP contribution in [-0.4, -0.2) is 17.3 Å². The zero-order valence-electron chi connectivity index (χ0n) is 17.6. The lowest BCUT2D eigenvalue weighted by Crippen LogP contribution is -1.99. The second-order valence-electron chi connectivity index (χ2n) is 7.90. The fourth-order valence-corrected chi connectivity index (χ4v) is 3.89. The highest BCUT2D eigenvalue weighted by Gasteiger charge is 2.43. The summed E-state index contributed by atoms with van der Waals surface area (Å²) in [6.07, 6.45) is 1.04. The molecule has 0 spiro atoms. The van der Waals surface area contributed by atoms with E-state index < -0.39 is 0 Å². The van der Waals surface area contributed by atoms with Gasteiger partial charge in [-0.1, -0.05) is 59.8 Å². The van der Waals surface area contributed by atoms with Crippen LogP contribution >= 0.6 is 0 Å². The maximum absolute atomic E-state index is 6.01. The molecule has 1 unspecified atom stereocenters. The number of ether oxygens (including phenoxy) is 2. The lowest BCUT2D eigenvalue weighted by atomic mass is 10.1. The molecule has 5 nitrogen and oxygen atoms in total. The van der Waals surface area contributed by atoms with Gasteiger partial charge >= 0.3 is 0 Å². The van der Waals surface area contributed by atoms with Crippen LogP contribution in [0.5, 0.6) is 11.5 Å². The molecule has 5 rings (SSSR count). The Morgan fingerprint density at radius 3 is 2.55 bits per heavy atom. The Bertz CT molecular complexity index is 1190. The molecule has 0 radical (unpaired) electrons. The van der Waals surface area contributed by atoms with Gasteiger partial charge in [-0.15, -0.1) is 0 Å². The van der Waals surface area contributed by atoms with Crippen LogP contribution in [0.15, 0.2) is 77.3 Å². The van der Waals surface area contributed by atoms with Gasteiger partial charge in [0.25, 0.3) is 0 Å². The third-order valence-electron chi connectivity index (χ3n) is 5.84. The summed E-state index contributed by atoms with van der Waals surface area (Å²) >= 11 is 0. The SMILES string of the molecule is COc1cc(-c2noc(C3C[C@H]3c3ccccc3)n2)ccc1OCc1ccccc1C. The van der Waals surface area contributed by atoms with Crippen LogP contribution in [-0.2, 0) is 6.61 Å². The average Bonchev–Trinajstić information content (AvgIpc) is 3.47. The van der Waals surface area contributed by atoms with Gasteiger partial charge < -0.3 is 14.0 Å². The molecule has 3 aromatic carbocycles. The average molecular weight is 412 g/mol. The second-order valence-corrected chi connectivity index (χ2v) is 7.90. The largest absolute Gasteiger partial charge is 0.493 e. The summed E-state index contributed by atoms with van der Waals surface area (Å²) in [6.45, 7) is 2.56. The summed E-state index contributed by atoms with van der Waals surface area (Å²) in [4.78, 5) is 4.65. The Hall–Kier alpha value is -3.60. The number of aromatic nitrogens is 2. The summed E-state index contributed by atoms with van der Waals surface area (Å²) in [5.41, 5.74) is 4.51. The van der Waals surface area contributed by atoms with Gasteiger partial charge in [-0.2, -0.15) is 4.98 Å². The number of methoxy groups -OCH3 is 1. The van der Waals surface area contributed by atoms with E-state index in [1.807, 2.05) is 36.4 Å². The first kappa shape index (κ1) is 19.4. The minimum absolute atomic E-state index is 0.294. The van der Waals surface area contributed by atoms with Crippen LogP contribution in [0.3, 0.4) is 0 Å². The first-order valence-electron chi connectivity index (χ1n) is 10.5. The topological polar surface area (TPSA) is 57.4 Å². The monoisotopic (exact) mass is 412 g/mol. The summed E-state index contributed by atoms with van der Waals surface area (Å²) in [7, 11) is 1.63. The standard InChI is InChI=1S/C26H24N2O3/c1-17-8-6-7-11-20(17)16-30-23-13-12-19(14-24(23)29-2)25-27-26(31-28-25)22-15-21(22)18-9-4-3-5-10-18/h3-14,21-22H,15-16H2,1-2H3/t21-,22?/m0/s1. The summed E-state index contributed by atoms with van der Waals surface area (Å²) in [5.74, 6) is 3.35. The van der Waals surface area contributed by atoms with Crippen LogP contribution in [0, 0.1) is 6.92 Å². The third-order valence-corrected chi connectivity index (χ3v) is 5.84. The maximum atomic E-state index is 6.01.